The molecule has 1 aliphatic heterocycles. The Kier molecular flexibility index (Phi) is 9.43. The van der Waals surface area contributed by atoms with Gasteiger partial charge in [-0.05, 0) is 0 Å². The van der Waals surface area contributed by atoms with Crippen LogP contribution in [0.5, 0.6) is 0 Å². The molecule has 2 aromatic heterocycles. The van der Waals surface area contributed by atoms with Crippen LogP contribution >= 0.6 is 0 Å². The molecule has 23 heavy (non-hydrogen) atoms. The summed E-state index contributed by atoms with van der Waals surface area (Å²) in [6.07, 6.45) is -1.42. The van der Waals surface area contributed by atoms with Crippen molar-refractivity contribution in [2.75, 3.05) is 12.3 Å². The molecule has 0 spiro atoms. The molecule has 12 nitrogen and oxygen atoms in total. The molecule has 3 heterocycles. The Bertz CT molecular complexity index is 614. The molecule has 131 valence electrons. The van der Waals surface area contributed by atoms with Crippen LogP contribution in [0.1, 0.15) is 6.23 Å². The summed E-state index contributed by atoms with van der Waals surface area (Å²) in [5.74, 6) is 0.218. The molecule has 0 unspecified atom stereocenters. The molecule has 0 saturated carbocycles. The predicted octanol–water partition coefficient (Wildman–Crippen LogP) is -4.46. The number of hydrogen-bond donors (Lipinski definition) is 4. The summed E-state index contributed by atoms with van der Waals surface area (Å²) in [6, 6.07) is 0. The van der Waals surface area contributed by atoms with Gasteiger partial charge in [0.2, 0.25) is 0 Å². The smallest absolute Gasteiger partial charge is 0.167 e. The van der Waals surface area contributed by atoms with E-state index in [0.717, 1.165) is 0 Å². The molecule has 3 rings (SSSR count). The van der Waals surface area contributed by atoms with E-state index in [1.807, 2.05) is 0 Å². The molecule has 1 fully saturated rings. The number of nitrogen functional groups attached to an aromatic ring is 1. The van der Waals surface area contributed by atoms with Crippen LogP contribution in [0.2, 0.25) is 0 Å². The average molecular weight is 372 g/mol. The number of nitrogens with two attached hydrogens (primary N) is 1. The molecule has 0 aliphatic carbocycles. The Labute approximate surface area is 141 Å². The fourth-order valence-electron chi connectivity index (χ4n) is 2.17. The van der Waals surface area contributed by atoms with Gasteiger partial charge in [-0.3, -0.25) is 4.57 Å². The van der Waals surface area contributed by atoms with Crippen LogP contribution in [-0.4, -0.2) is 76.2 Å². The molecular formula is C10H19N5O7V. The Balaban J connectivity index is 0. The fourth-order valence-corrected chi connectivity index (χ4v) is 2.17. The van der Waals surface area contributed by atoms with E-state index < -0.39 is 31.1 Å². The molecule has 1 radical (unpaired) electrons. The summed E-state index contributed by atoms with van der Waals surface area (Å²) in [6.45, 7) is -0.390. The van der Waals surface area contributed by atoms with Crippen LogP contribution in [0, 0.1) is 0 Å². The maximum absolute atomic E-state index is 9.95. The van der Waals surface area contributed by atoms with Crippen molar-refractivity contribution >= 4 is 17.0 Å². The van der Waals surface area contributed by atoms with Crippen molar-refractivity contribution in [2.45, 2.75) is 24.5 Å². The second-order valence-corrected chi connectivity index (χ2v) is 4.31. The predicted molar refractivity (Wildman–Crippen MR) is 73.6 cm³/mol. The molecule has 0 aromatic carbocycles. The third-order valence-corrected chi connectivity index (χ3v) is 3.18. The second-order valence-electron chi connectivity index (χ2n) is 4.31. The standard InChI is InChI=1S/C10H13N5O4.3H2O.V/c11-8-5-9(13-2-12-8)15(3-14-5)10-7(18)6(17)4(1-16)19-10;;;;/h2-4,6-7,10,16-18H,1H2,(H2,11,12,13);3*1H2;/t4-,6-,7-,10-;;;;/m1..../s1. The molecule has 0 amide bonds. The van der Waals surface area contributed by atoms with Gasteiger partial charge >= 0.3 is 0 Å². The number of rotatable bonds is 2. The van der Waals surface area contributed by atoms with Gasteiger partial charge in [-0.2, -0.15) is 0 Å². The molecule has 2 aromatic rings. The topological polar surface area (TPSA) is 234 Å². The maximum atomic E-state index is 9.95. The van der Waals surface area contributed by atoms with E-state index in [1.165, 1.54) is 17.2 Å². The summed E-state index contributed by atoms with van der Waals surface area (Å²) < 4.78 is 6.85. The Morgan fingerprint density at radius 2 is 1.78 bits per heavy atom. The van der Waals surface area contributed by atoms with Crippen molar-refractivity contribution in [1.82, 2.24) is 19.5 Å². The summed E-state index contributed by atoms with van der Waals surface area (Å²) in [5.41, 5.74) is 6.44. The Morgan fingerprint density at radius 1 is 1.13 bits per heavy atom. The summed E-state index contributed by atoms with van der Waals surface area (Å²) in [5, 5.41) is 28.7. The molecule has 1 saturated heterocycles. The number of aliphatic hydroxyl groups excluding tert-OH is 3. The first-order valence-corrected chi connectivity index (χ1v) is 5.69. The molecule has 1 aliphatic rings. The van der Waals surface area contributed by atoms with Gasteiger partial charge in [-0.25, -0.2) is 15.0 Å². The summed E-state index contributed by atoms with van der Waals surface area (Å²) in [7, 11) is 0. The van der Waals surface area contributed by atoms with E-state index in [2.05, 4.69) is 15.0 Å². The second kappa shape index (κ2) is 9.07. The number of aromatic nitrogens is 4. The van der Waals surface area contributed by atoms with Gasteiger partial charge in [-0.1, -0.05) is 0 Å². The van der Waals surface area contributed by atoms with E-state index in [4.69, 9.17) is 15.6 Å². The molecular weight excluding hydrogens is 353 g/mol. The first-order chi connectivity index (χ1) is 9.13. The molecule has 11 N–H and O–H groups in total. The van der Waals surface area contributed by atoms with Gasteiger partial charge < -0.3 is 42.2 Å². The van der Waals surface area contributed by atoms with Gasteiger partial charge in [0.05, 0.1) is 12.9 Å². The van der Waals surface area contributed by atoms with Crippen molar-refractivity contribution in [2.24, 2.45) is 0 Å². The number of imidazole rings is 1. The van der Waals surface area contributed by atoms with E-state index in [-0.39, 0.29) is 40.8 Å². The van der Waals surface area contributed by atoms with Gasteiger partial charge in [0.1, 0.15) is 30.2 Å². The minimum absolute atomic E-state index is 0. The van der Waals surface area contributed by atoms with Crippen molar-refractivity contribution in [3.63, 3.8) is 0 Å². The monoisotopic (exact) mass is 372 g/mol. The number of anilines is 1. The Morgan fingerprint density at radius 3 is 2.35 bits per heavy atom. The van der Waals surface area contributed by atoms with Crippen molar-refractivity contribution in [3.05, 3.63) is 12.7 Å². The number of aliphatic hydroxyl groups is 3. The van der Waals surface area contributed by atoms with Crippen LogP contribution in [0.25, 0.3) is 11.2 Å². The molecule has 0 bridgehead atoms. The molecule has 4 atom stereocenters. The number of fused-ring (bicyclic) bond motifs is 1. The molecule has 13 heteroatoms. The van der Waals surface area contributed by atoms with Crippen molar-refractivity contribution < 1.29 is 55.0 Å². The SMILES string of the molecule is Nc1ncnc2c1ncn2[C@@H]1O[C@H](CO)[C@@H](O)[C@H]1O.O.O.O.[V]. The zero-order chi connectivity index (χ0) is 13.6. The minimum atomic E-state index is -1.19. The van der Waals surface area contributed by atoms with Crippen LogP contribution in [-0.2, 0) is 23.3 Å². The van der Waals surface area contributed by atoms with Crippen LogP contribution < -0.4 is 5.73 Å². The number of nitrogens with zero attached hydrogens (tertiary/aromatic N) is 4. The maximum Gasteiger partial charge on any atom is 0.167 e. The fraction of sp³-hybridized carbons (Fsp3) is 0.500. The van der Waals surface area contributed by atoms with E-state index >= 15 is 0 Å². The van der Waals surface area contributed by atoms with Gasteiger partial charge in [-0.15, -0.1) is 0 Å². The third kappa shape index (κ3) is 3.77. The number of hydrogen-bond acceptors (Lipinski definition) is 8. The van der Waals surface area contributed by atoms with Crippen molar-refractivity contribution in [3.8, 4) is 0 Å². The zero-order valence-corrected chi connectivity index (χ0v) is 13.1. The summed E-state index contributed by atoms with van der Waals surface area (Å²) >= 11 is 0. The number of ether oxygens (including phenoxy) is 1. The first-order valence-electron chi connectivity index (χ1n) is 5.69. The third-order valence-electron chi connectivity index (χ3n) is 3.18. The quantitative estimate of drug-likeness (QED) is 0.400. The van der Waals surface area contributed by atoms with Crippen LogP contribution in [0.4, 0.5) is 5.82 Å². The largest absolute Gasteiger partial charge is 0.412 e. The van der Waals surface area contributed by atoms with E-state index in [9.17, 15) is 10.2 Å². The first kappa shape index (κ1) is 23.9. The van der Waals surface area contributed by atoms with E-state index in [0.29, 0.717) is 11.2 Å². The zero-order valence-electron chi connectivity index (χ0n) is 11.7. The van der Waals surface area contributed by atoms with Gasteiger partial charge in [0.15, 0.2) is 17.7 Å². The van der Waals surface area contributed by atoms with Crippen molar-refractivity contribution in [1.29, 1.82) is 0 Å². The average Bonchev–Trinajstić information content (AvgIpc) is 2.94. The Hall–Kier alpha value is -1.35. The minimum Gasteiger partial charge on any atom is -0.412 e. The van der Waals surface area contributed by atoms with Crippen LogP contribution in [0.15, 0.2) is 12.7 Å². The summed E-state index contributed by atoms with van der Waals surface area (Å²) in [4.78, 5) is 11.9. The normalized spacial score (nSPS) is 25.7. The van der Waals surface area contributed by atoms with Crippen LogP contribution in [0.3, 0.4) is 0 Å². The van der Waals surface area contributed by atoms with E-state index in [1.54, 1.807) is 0 Å². The van der Waals surface area contributed by atoms with Gasteiger partial charge in [0.25, 0.3) is 0 Å². The van der Waals surface area contributed by atoms with Gasteiger partial charge in [0, 0.05) is 18.6 Å².